The number of rotatable bonds is 12. The molecule has 0 saturated carbocycles. The van der Waals surface area contributed by atoms with Crippen molar-refractivity contribution in [1.29, 1.82) is 0 Å². The van der Waals surface area contributed by atoms with Crippen LogP contribution in [-0.4, -0.2) is 68.5 Å². The number of hydrogen-bond acceptors (Lipinski definition) is 7. The zero-order valence-corrected chi connectivity index (χ0v) is 25.2. The highest BCUT2D eigenvalue weighted by Gasteiger charge is 2.35. The van der Waals surface area contributed by atoms with Crippen LogP contribution in [0.3, 0.4) is 0 Å². The molecule has 0 fully saturated rings. The third kappa shape index (κ3) is 6.90. The van der Waals surface area contributed by atoms with E-state index in [2.05, 4.69) is 29.8 Å². The smallest absolute Gasteiger partial charge is 0.245 e. The van der Waals surface area contributed by atoms with Crippen LogP contribution in [0.5, 0.6) is 0 Å². The fourth-order valence-corrected chi connectivity index (χ4v) is 7.03. The summed E-state index contributed by atoms with van der Waals surface area (Å²) in [4.78, 5) is 0. The fraction of sp³-hybridized carbons (Fsp3) is 0.407. The molecule has 39 heavy (non-hydrogen) atoms. The van der Waals surface area contributed by atoms with E-state index in [0.29, 0.717) is 40.7 Å². The molecular formula is C27H35ClN4O5SSi. The predicted molar refractivity (Wildman–Crippen MR) is 157 cm³/mol. The highest BCUT2D eigenvalue weighted by molar-refractivity contribution is 7.92. The van der Waals surface area contributed by atoms with Gasteiger partial charge in [0.2, 0.25) is 21.8 Å². The van der Waals surface area contributed by atoms with E-state index >= 15 is 0 Å². The lowest BCUT2D eigenvalue weighted by atomic mass is 10.0. The Balaban J connectivity index is 1.86. The standard InChI is InChI=1S/C27H35ClN4O5SSi/c1-36-23-8-5-7-21(19-33)25(23)32-26(24-9-6-16-37-24)29-30-27(32)31(15-18-39(2,3)4)38(34,35)17-14-20-10-12-22(28)13-11-20/h5-7,9-13,16,23,33H,8,14-15,17-19H2,1-4H3/t23-/m0/s1. The molecule has 0 unspecified atom stereocenters. The number of sulfonamides is 1. The van der Waals surface area contributed by atoms with Crippen LogP contribution in [0, 0.1) is 0 Å². The van der Waals surface area contributed by atoms with E-state index in [-0.39, 0.29) is 24.9 Å². The highest BCUT2D eigenvalue weighted by Crippen LogP contribution is 2.35. The number of anilines is 1. The fourth-order valence-electron chi connectivity index (χ4n) is 4.40. The number of hydrogen-bond donors (Lipinski definition) is 1. The van der Waals surface area contributed by atoms with Gasteiger partial charge in [-0.3, -0.25) is 4.57 Å². The maximum absolute atomic E-state index is 14.0. The molecule has 0 radical (unpaired) electrons. The molecule has 1 aliphatic rings. The van der Waals surface area contributed by atoms with Gasteiger partial charge in [-0.1, -0.05) is 55.5 Å². The summed E-state index contributed by atoms with van der Waals surface area (Å²) in [6.07, 6.45) is 5.68. The molecule has 1 aromatic carbocycles. The summed E-state index contributed by atoms with van der Waals surface area (Å²) in [6, 6.07) is 11.4. The van der Waals surface area contributed by atoms with Gasteiger partial charge in [0.25, 0.3) is 0 Å². The number of methoxy groups -OCH3 is 1. The first kappa shape index (κ1) is 29.3. The van der Waals surface area contributed by atoms with Gasteiger partial charge in [-0.25, -0.2) is 12.7 Å². The lowest BCUT2D eigenvalue weighted by molar-refractivity contribution is 0.144. The SMILES string of the molecule is CO[C@H]1CC=CC(CO)=C1n1c(-c2ccco2)nnc1N(CC[Si](C)(C)C)S(=O)(=O)CCc1ccc(Cl)cc1. The van der Waals surface area contributed by atoms with E-state index in [4.69, 9.17) is 20.8 Å². The van der Waals surface area contributed by atoms with Crippen LogP contribution in [0.25, 0.3) is 17.3 Å². The van der Waals surface area contributed by atoms with Crippen LogP contribution in [0.4, 0.5) is 5.95 Å². The van der Waals surface area contributed by atoms with Crippen molar-refractivity contribution in [1.82, 2.24) is 14.8 Å². The number of ether oxygens (including phenoxy) is 1. The van der Waals surface area contributed by atoms with Crippen molar-refractivity contribution in [2.24, 2.45) is 0 Å². The number of benzene rings is 1. The molecule has 1 aliphatic carbocycles. The summed E-state index contributed by atoms with van der Waals surface area (Å²) in [5.41, 5.74) is 2.04. The molecule has 210 valence electrons. The minimum absolute atomic E-state index is 0.122. The van der Waals surface area contributed by atoms with Crippen LogP contribution < -0.4 is 4.31 Å². The Labute approximate surface area is 235 Å². The first-order chi connectivity index (χ1) is 18.5. The maximum atomic E-state index is 14.0. The molecule has 12 heteroatoms. The largest absolute Gasteiger partial charge is 0.461 e. The van der Waals surface area contributed by atoms with E-state index in [9.17, 15) is 13.5 Å². The summed E-state index contributed by atoms with van der Waals surface area (Å²) in [6.45, 7) is 6.58. The van der Waals surface area contributed by atoms with E-state index in [1.54, 1.807) is 35.9 Å². The van der Waals surface area contributed by atoms with Gasteiger partial charge in [0.1, 0.15) is 6.10 Å². The molecule has 0 spiro atoms. The molecule has 9 nitrogen and oxygen atoms in total. The van der Waals surface area contributed by atoms with Gasteiger partial charge < -0.3 is 14.3 Å². The van der Waals surface area contributed by atoms with Crippen LogP contribution in [0.1, 0.15) is 12.0 Å². The molecule has 0 aliphatic heterocycles. The molecule has 4 rings (SSSR count). The number of furan rings is 1. The third-order valence-corrected chi connectivity index (χ3v) is 10.3. The summed E-state index contributed by atoms with van der Waals surface area (Å²) in [5, 5.41) is 19.7. The normalized spacial score (nSPS) is 16.2. The van der Waals surface area contributed by atoms with Crippen molar-refractivity contribution in [2.45, 2.75) is 44.6 Å². The zero-order valence-electron chi connectivity index (χ0n) is 22.7. The Hall–Kier alpha value is -2.70. The topological polar surface area (TPSA) is 111 Å². The predicted octanol–water partition coefficient (Wildman–Crippen LogP) is 5.09. The van der Waals surface area contributed by atoms with Crippen LogP contribution in [0.15, 0.2) is 64.8 Å². The second kappa shape index (κ2) is 12.2. The number of aliphatic hydroxyl groups is 1. The Kier molecular flexibility index (Phi) is 9.17. The first-order valence-corrected chi connectivity index (χ1v) is 18.5. The van der Waals surface area contributed by atoms with E-state index in [1.165, 1.54) is 10.6 Å². The van der Waals surface area contributed by atoms with Gasteiger partial charge in [-0.2, -0.15) is 0 Å². The Morgan fingerprint density at radius 1 is 1.21 bits per heavy atom. The zero-order chi connectivity index (χ0) is 28.2. The number of nitrogens with zero attached hydrogens (tertiary/aromatic N) is 4. The molecule has 2 aromatic heterocycles. The highest BCUT2D eigenvalue weighted by atomic mass is 35.5. The number of halogens is 1. The minimum Gasteiger partial charge on any atom is -0.461 e. The van der Waals surface area contributed by atoms with Crippen LogP contribution in [-0.2, 0) is 21.2 Å². The average molecular weight is 591 g/mol. The minimum atomic E-state index is -3.85. The molecule has 1 N–H and O–H groups in total. The van der Waals surface area contributed by atoms with Gasteiger partial charge in [0.05, 0.1) is 24.3 Å². The second-order valence-electron chi connectivity index (χ2n) is 10.6. The number of aromatic nitrogens is 3. The van der Waals surface area contributed by atoms with Crippen LogP contribution in [0.2, 0.25) is 30.7 Å². The van der Waals surface area contributed by atoms with Crippen molar-refractivity contribution in [3.63, 3.8) is 0 Å². The van der Waals surface area contributed by atoms with E-state index in [0.717, 1.165) is 11.6 Å². The van der Waals surface area contributed by atoms with Crippen molar-refractivity contribution >= 4 is 41.3 Å². The quantitative estimate of drug-likeness (QED) is 0.293. The summed E-state index contributed by atoms with van der Waals surface area (Å²) in [5.74, 6) is 0.780. The Morgan fingerprint density at radius 2 is 1.95 bits per heavy atom. The lowest BCUT2D eigenvalue weighted by Gasteiger charge is -2.30. The molecule has 0 saturated heterocycles. The van der Waals surface area contributed by atoms with Crippen molar-refractivity contribution in [3.8, 4) is 11.6 Å². The maximum Gasteiger partial charge on any atom is 0.245 e. The summed E-state index contributed by atoms with van der Waals surface area (Å²) in [7, 11) is -3.92. The Morgan fingerprint density at radius 3 is 2.56 bits per heavy atom. The van der Waals surface area contributed by atoms with Gasteiger partial charge >= 0.3 is 0 Å². The second-order valence-corrected chi connectivity index (χ2v) is 18.7. The van der Waals surface area contributed by atoms with Gasteiger partial charge in [0.15, 0.2) is 5.76 Å². The summed E-state index contributed by atoms with van der Waals surface area (Å²) >= 11 is 6.01. The monoisotopic (exact) mass is 590 g/mol. The van der Waals surface area contributed by atoms with Crippen molar-refractivity contribution < 1.29 is 22.7 Å². The number of aliphatic hydroxyl groups excluding tert-OH is 1. The molecule has 1 atom stereocenters. The van der Waals surface area contributed by atoms with Crippen molar-refractivity contribution in [2.75, 3.05) is 30.3 Å². The van der Waals surface area contributed by atoms with Gasteiger partial charge in [-0.05, 0) is 54.3 Å². The van der Waals surface area contributed by atoms with Crippen LogP contribution >= 0.6 is 11.6 Å². The van der Waals surface area contributed by atoms with Gasteiger partial charge in [0, 0.05) is 26.8 Å². The average Bonchev–Trinajstić information content (AvgIpc) is 3.57. The molecule has 3 aromatic rings. The molecule has 0 amide bonds. The lowest BCUT2D eigenvalue weighted by Crippen LogP contribution is -2.40. The first-order valence-electron chi connectivity index (χ1n) is 12.8. The molecule has 0 bridgehead atoms. The molecule has 2 heterocycles. The molecular weight excluding hydrogens is 556 g/mol. The van der Waals surface area contributed by atoms with E-state index < -0.39 is 24.2 Å². The summed E-state index contributed by atoms with van der Waals surface area (Å²) < 4.78 is 42.5. The third-order valence-electron chi connectivity index (χ3n) is 6.57. The van der Waals surface area contributed by atoms with Crippen molar-refractivity contribution in [3.05, 3.63) is 71.0 Å². The number of aryl methyl sites for hydroxylation is 1. The Bertz CT molecular complexity index is 1430. The van der Waals surface area contributed by atoms with E-state index in [1.807, 2.05) is 24.3 Å². The van der Waals surface area contributed by atoms with Gasteiger partial charge in [-0.15, -0.1) is 10.2 Å².